The van der Waals surface area contributed by atoms with E-state index in [1.165, 1.54) is 0 Å². The fraction of sp³-hybridized carbons (Fsp3) is 0.600. The number of carbonyl (C=O) groups excluding carboxylic acids is 3. The van der Waals surface area contributed by atoms with Gasteiger partial charge in [0.05, 0.1) is 25.2 Å². The molecular weight excluding hydrogens is 723 g/mol. The van der Waals surface area contributed by atoms with Gasteiger partial charge < -0.3 is 24.0 Å². The molecule has 4 rings (SSSR count). The summed E-state index contributed by atoms with van der Waals surface area (Å²) in [6.45, 7) is 12.0. The molecule has 2 aromatic rings. The predicted octanol–water partition coefficient (Wildman–Crippen LogP) is 9.55. The predicted molar refractivity (Wildman–Crippen MR) is 221 cm³/mol. The first-order valence-corrected chi connectivity index (χ1v) is 21.9. The lowest BCUT2D eigenvalue weighted by atomic mass is 9.92. The number of hydrogen-bond acceptors (Lipinski definition) is 8. The molecule has 304 valence electrons. The molecule has 2 unspecified atom stereocenters. The molecule has 1 N–H and O–H groups in total. The average Bonchev–Trinajstić information content (AvgIpc) is 3.59. The van der Waals surface area contributed by atoms with Crippen LogP contribution in [0.5, 0.6) is 0 Å². The fourth-order valence-corrected chi connectivity index (χ4v) is 9.24. The van der Waals surface area contributed by atoms with Crippen LogP contribution in [0.1, 0.15) is 146 Å². The van der Waals surface area contributed by atoms with Gasteiger partial charge in [0.2, 0.25) is 5.91 Å². The lowest BCUT2D eigenvalue weighted by Crippen LogP contribution is -2.36. The molecule has 0 radical (unpaired) electrons. The van der Waals surface area contributed by atoms with E-state index in [1.54, 1.807) is 0 Å². The lowest BCUT2D eigenvalue weighted by molar-refractivity contribution is -0.132. The number of fused-ring (bicyclic) bond motifs is 2. The lowest BCUT2D eigenvalue weighted by Gasteiger charge is -2.36. The molecule has 1 aliphatic heterocycles. The molecule has 2 aliphatic rings. The largest absolute Gasteiger partial charge is 0.441 e. The Kier molecular flexibility index (Phi) is 19.3. The first kappa shape index (κ1) is 44.9. The van der Waals surface area contributed by atoms with Crippen molar-refractivity contribution in [1.29, 1.82) is 5.26 Å². The number of nitrogens with one attached hydrogen (secondary N) is 1. The standard InChI is InChI=1S/C45H63N4O6P/c1-6-39-32-41(55-56(53-30-18-28-46)49(34(2)3)35(4)5)33-48(39)44(51)25-12-8-7-10-22-40(50)23-11-9-17-29-47-45(52)54-43-31-38-21-14-13-19-36(38)26-27-37-20-15-16-24-42(37)43/h13-16,19-21,24,34-35,39,41,43H,6-12,17-18,22-23,25,29-33H2,1-5H3,(H,47,52)/t39-,41-,43?,56?/m1/s1. The van der Waals surface area contributed by atoms with E-state index in [0.717, 1.165) is 80.0 Å². The summed E-state index contributed by atoms with van der Waals surface area (Å²) in [5.74, 6) is 6.94. The van der Waals surface area contributed by atoms with Gasteiger partial charge in [-0.1, -0.05) is 74.4 Å². The molecule has 1 aliphatic carbocycles. The second kappa shape index (κ2) is 24.1. The molecular formula is C45H63N4O6P. The van der Waals surface area contributed by atoms with Crippen molar-refractivity contribution in [1.82, 2.24) is 14.9 Å². The van der Waals surface area contributed by atoms with Gasteiger partial charge >= 0.3 is 6.09 Å². The van der Waals surface area contributed by atoms with E-state index in [-0.39, 0.29) is 35.9 Å². The number of rotatable bonds is 23. The maximum Gasteiger partial charge on any atom is 0.407 e. The minimum atomic E-state index is -1.34. The Morgan fingerprint density at radius 2 is 1.55 bits per heavy atom. The number of ketones is 1. The van der Waals surface area contributed by atoms with E-state index in [1.807, 2.05) is 53.4 Å². The van der Waals surface area contributed by atoms with Crippen LogP contribution < -0.4 is 5.32 Å². The molecule has 10 nitrogen and oxygen atoms in total. The van der Waals surface area contributed by atoms with Gasteiger partial charge in [0.15, 0.2) is 0 Å². The number of nitrogens with zero attached hydrogens (tertiary/aromatic N) is 3. The van der Waals surface area contributed by atoms with E-state index < -0.39 is 20.7 Å². The van der Waals surface area contributed by atoms with Crippen LogP contribution >= 0.6 is 8.53 Å². The second-order valence-corrected chi connectivity index (χ2v) is 16.8. The van der Waals surface area contributed by atoms with Crippen molar-refractivity contribution >= 4 is 26.3 Å². The van der Waals surface area contributed by atoms with Crippen LogP contribution in [0.4, 0.5) is 4.79 Å². The summed E-state index contributed by atoms with van der Waals surface area (Å²) in [7, 11) is -1.34. The number of unbranched alkanes of at least 4 members (excludes halogenated alkanes) is 5. The van der Waals surface area contributed by atoms with Gasteiger partial charge in [-0.3, -0.25) is 9.59 Å². The van der Waals surface area contributed by atoms with Gasteiger partial charge in [-0.2, -0.15) is 5.26 Å². The van der Waals surface area contributed by atoms with Crippen LogP contribution in [-0.2, 0) is 29.8 Å². The molecule has 0 saturated carbocycles. The highest BCUT2D eigenvalue weighted by Gasteiger charge is 2.38. The van der Waals surface area contributed by atoms with Crippen LogP contribution in [0.3, 0.4) is 0 Å². The molecule has 0 bridgehead atoms. The Hall–Kier alpha value is -3.79. The smallest absolute Gasteiger partial charge is 0.407 e. The Labute approximate surface area is 337 Å². The third-order valence-corrected chi connectivity index (χ3v) is 12.6. The first-order chi connectivity index (χ1) is 27.1. The van der Waals surface area contributed by atoms with Gasteiger partial charge in [-0.05, 0) is 83.9 Å². The zero-order chi connectivity index (χ0) is 40.3. The zero-order valence-electron chi connectivity index (χ0n) is 34.3. The van der Waals surface area contributed by atoms with E-state index in [9.17, 15) is 14.4 Å². The Balaban J connectivity index is 1.07. The van der Waals surface area contributed by atoms with Crippen molar-refractivity contribution in [2.45, 2.75) is 155 Å². The average molecular weight is 787 g/mol. The van der Waals surface area contributed by atoms with Crippen LogP contribution in [-0.4, -0.2) is 71.3 Å². The van der Waals surface area contributed by atoms with Crippen molar-refractivity contribution in [3.63, 3.8) is 0 Å². The molecule has 1 heterocycles. The number of nitriles is 1. The minimum absolute atomic E-state index is 0.0920. The van der Waals surface area contributed by atoms with Gasteiger partial charge in [-0.15, -0.1) is 0 Å². The topological polar surface area (TPSA) is 121 Å². The van der Waals surface area contributed by atoms with Gasteiger partial charge in [-0.25, -0.2) is 9.46 Å². The molecule has 0 spiro atoms. The minimum Gasteiger partial charge on any atom is -0.441 e. The number of ether oxygens (including phenoxy) is 1. The molecule has 2 amide bonds. The number of hydrogen-bond donors (Lipinski definition) is 1. The van der Waals surface area contributed by atoms with Gasteiger partial charge in [0, 0.05) is 73.6 Å². The normalized spacial score (nSPS) is 18.0. The number of amides is 2. The summed E-state index contributed by atoms with van der Waals surface area (Å²) in [6, 6.07) is 18.5. The molecule has 56 heavy (non-hydrogen) atoms. The summed E-state index contributed by atoms with van der Waals surface area (Å²) in [6.07, 6.45) is 9.16. The maximum absolute atomic E-state index is 13.3. The maximum atomic E-state index is 13.3. The summed E-state index contributed by atoms with van der Waals surface area (Å²) >= 11 is 0. The molecule has 11 heteroatoms. The first-order valence-electron chi connectivity index (χ1n) is 20.8. The summed E-state index contributed by atoms with van der Waals surface area (Å²) in [4.78, 5) is 40.6. The Morgan fingerprint density at radius 3 is 2.25 bits per heavy atom. The highest BCUT2D eigenvalue weighted by Crippen LogP contribution is 2.48. The SMILES string of the molecule is CC[C@@H]1C[C@@H](OP(OCCC#N)N(C(C)C)C(C)C)CN1C(=O)CCCCCCC(=O)CCCCCNC(=O)OC1Cc2ccccc2C#Cc2ccccc21. The van der Waals surface area contributed by atoms with Crippen molar-refractivity contribution in [3.05, 3.63) is 70.8 Å². The van der Waals surface area contributed by atoms with E-state index in [4.69, 9.17) is 19.0 Å². The molecule has 4 atom stereocenters. The highest BCUT2D eigenvalue weighted by atomic mass is 31.2. The van der Waals surface area contributed by atoms with Crippen molar-refractivity contribution in [2.75, 3.05) is 19.7 Å². The Morgan fingerprint density at radius 1 is 0.911 bits per heavy atom. The third kappa shape index (κ3) is 14.3. The van der Waals surface area contributed by atoms with Crippen molar-refractivity contribution in [2.24, 2.45) is 0 Å². The number of likely N-dealkylation sites (tertiary alicyclic amines) is 1. The quantitative estimate of drug-likeness (QED) is 0.0672. The number of carbonyl (C=O) groups is 3. The Bertz CT molecular complexity index is 1660. The second-order valence-electron chi connectivity index (χ2n) is 15.4. The molecule has 1 saturated heterocycles. The van der Waals surface area contributed by atoms with Crippen LogP contribution in [0.2, 0.25) is 0 Å². The van der Waals surface area contributed by atoms with Crippen molar-refractivity contribution in [3.8, 4) is 17.9 Å². The monoisotopic (exact) mass is 786 g/mol. The van der Waals surface area contributed by atoms with Crippen molar-refractivity contribution < 1.29 is 28.2 Å². The number of Topliss-reactive ketones (excluding diaryl/α,β-unsaturated/α-hetero) is 1. The van der Waals surface area contributed by atoms with E-state index in [0.29, 0.717) is 51.8 Å². The summed E-state index contributed by atoms with van der Waals surface area (Å²) < 4.78 is 20.8. The van der Waals surface area contributed by atoms with Gasteiger partial charge in [0.25, 0.3) is 8.53 Å². The van der Waals surface area contributed by atoms with E-state index in [2.05, 4.69) is 62.5 Å². The zero-order valence-corrected chi connectivity index (χ0v) is 35.2. The fourth-order valence-electron chi connectivity index (χ4n) is 7.53. The summed E-state index contributed by atoms with van der Waals surface area (Å²) in [5.41, 5.74) is 3.79. The molecule has 1 fully saturated rings. The number of benzene rings is 2. The highest BCUT2D eigenvalue weighted by molar-refractivity contribution is 7.44. The van der Waals surface area contributed by atoms with Gasteiger partial charge in [0.1, 0.15) is 11.9 Å². The third-order valence-electron chi connectivity index (χ3n) is 10.4. The summed E-state index contributed by atoms with van der Waals surface area (Å²) in [5, 5.41) is 11.9. The van der Waals surface area contributed by atoms with Crippen LogP contribution in [0.25, 0.3) is 0 Å². The van der Waals surface area contributed by atoms with Crippen LogP contribution in [0.15, 0.2) is 48.5 Å². The van der Waals surface area contributed by atoms with Crippen LogP contribution in [0, 0.1) is 23.2 Å². The molecule has 2 aromatic carbocycles. The number of alkyl carbamates (subject to hydrolysis) is 1. The van der Waals surface area contributed by atoms with E-state index >= 15 is 0 Å². The molecule has 0 aromatic heterocycles.